The van der Waals surface area contributed by atoms with E-state index >= 15 is 0 Å². The number of hydrogen-bond donors (Lipinski definition) is 0. The second-order valence-electron chi connectivity index (χ2n) is 8.03. The smallest absolute Gasteiger partial charge is 0.276 e. The fourth-order valence-corrected chi connectivity index (χ4v) is 3.18. The number of aryl methyl sites for hydroxylation is 1. The number of hydrogen-bond acceptors (Lipinski definition) is 5. The van der Waals surface area contributed by atoms with Crippen molar-refractivity contribution in [3.63, 3.8) is 0 Å². The number of carbonyl (C=O) groups excluding carboxylic acids is 1. The first-order valence-electron chi connectivity index (χ1n) is 8.96. The van der Waals surface area contributed by atoms with E-state index in [0.717, 1.165) is 18.5 Å². The first kappa shape index (κ1) is 18.3. The molecule has 0 spiro atoms. The van der Waals surface area contributed by atoms with E-state index < -0.39 is 0 Å². The number of rotatable bonds is 3. The second kappa shape index (κ2) is 7.01. The van der Waals surface area contributed by atoms with Gasteiger partial charge in [0.2, 0.25) is 0 Å². The Labute approximate surface area is 152 Å². The van der Waals surface area contributed by atoms with E-state index in [1.165, 1.54) is 4.68 Å². The van der Waals surface area contributed by atoms with Crippen molar-refractivity contribution in [1.29, 1.82) is 0 Å². The number of carbonyl (C=O) groups is 1. The minimum absolute atomic E-state index is 0.0111. The molecule has 0 saturated carbocycles. The normalized spacial score (nSPS) is 16.1. The molecule has 1 aliphatic heterocycles. The van der Waals surface area contributed by atoms with Crippen LogP contribution in [-0.4, -0.2) is 48.4 Å². The van der Waals surface area contributed by atoms with Crippen LogP contribution < -0.4 is 5.56 Å². The topological polar surface area (TPSA) is 85.9 Å². The van der Waals surface area contributed by atoms with Gasteiger partial charge in [-0.05, 0) is 18.8 Å². The van der Waals surface area contributed by atoms with Crippen molar-refractivity contribution in [3.8, 4) is 0 Å². The Hall–Kier alpha value is -2.51. The SMILES string of the molecule is Cn1cc(C(=O)N2CCC(Cn3cnc(C(C)(C)C)cc3=O)CC2)nn1. The maximum atomic E-state index is 12.4. The minimum atomic E-state index is -0.135. The Morgan fingerprint density at radius 3 is 2.50 bits per heavy atom. The van der Waals surface area contributed by atoms with Crippen molar-refractivity contribution in [2.75, 3.05) is 13.1 Å². The average molecular weight is 358 g/mol. The van der Waals surface area contributed by atoms with E-state index in [-0.39, 0.29) is 16.9 Å². The summed E-state index contributed by atoms with van der Waals surface area (Å²) in [4.78, 5) is 31.0. The summed E-state index contributed by atoms with van der Waals surface area (Å²) >= 11 is 0. The summed E-state index contributed by atoms with van der Waals surface area (Å²) in [6, 6.07) is 1.63. The molecule has 0 unspecified atom stereocenters. The van der Waals surface area contributed by atoms with Crippen molar-refractivity contribution >= 4 is 5.91 Å². The maximum absolute atomic E-state index is 12.4. The van der Waals surface area contributed by atoms with Crippen molar-refractivity contribution in [3.05, 3.63) is 40.3 Å². The molecule has 1 fully saturated rings. The first-order valence-corrected chi connectivity index (χ1v) is 8.96. The predicted octanol–water partition coefficient (Wildman–Crippen LogP) is 1.22. The summed E-state index contributed by atoms with van der Waals surface area (Å²) in [6.45, 7) is 8.11. The molecule has 3 rings (SSSR count). The highest BCUT2D eigenvalue weighted by Gasteiger charge is 2.26. The number of amides is 1. The van der Waals surface area contributed by atoms with Crippen LogP contribution in [0, 0.1) is 5.92 Å². The van der Waals surface area contributed by atoms with Gasteiger partial charge >= 0.3 is 0 Å². The van der Waals surface area contributed by atoms with Crippen LogP contribution in [0.4, 0.5) is 0 Å². The number of piperidine rings is 1. The molecule has 0 N–H and O–H groups in total. The van der Waals surface area contributed by atoms with Gasteiger partial charge in [-0.15, -0.1) is 5.10 Å². The van der Waals surface area contributed by atoms with Crippen LogP contribution in [-0.2, 0) is 19.0 Å². The molecule has 8 nitrogen and oxygen atoms in total. The predicted molar refractivity (Wildman–Crippen MR) is 96.8 cm³/mol. The van der Waals surface area contributed by atoms with Crippen molar-refractivity contribution in [2.45, 2.75) is 45.6 Å². The summed E-state index contributed by atoms with van der Waals surface area (Å²) in [5.74, 6) is 0.283. The third kappa shape index (κ3) is 4.00. The van der Waals surface area contributed by atoms with Crippen LogP contribution in [0.3, 0.4) is 0 Å². The van der Waals surface area contributed by atoms with Gasteiger partial charge in [0.15, 0.2) is 5.69 Å². The number of nitrogens with zero attached hydrogens (tertiary/aromatic N) is 6. The van der Waals surface area contributed by atoms with Gasteiger partial charge in [0.05, 0.1) is 18.2 Å². The third-order valence-corrected chi connectivity index (χ3v) is 4.83. The molecule has 0 aromatic carbocycles. The molecule has 8 heteroatoms. The lowest BCUT2D eigenvalue weighted by atomic mass is 9.92. The lowest BCUT2D eigenvalue weighted by molar-refractivity contribution is 0.0676. The zero-order valence-corrected chi connectivity index (χ0v) is 15.8. The van der Waals surface area contributed by atoms with Gasteiger partial charge in [0.1, 0.15) is 0 Å². The highest BCUT2D eigenvalue weighted by atomic mass is 16.2. The first-order chi connectivity index (χ1) is 12.2. The minimum Gasteiger partial charge on any atom is -0.337 e. The summed E-state index contributed by atoms with van der Waals surface area (Å²) < 4.78 is 3.21. The molecule has 3 heterocycles. The van der Waals surface area contributed by atoms with Crippen LogP contribution in [0.15, 0.2) is 23.4 Å². The zero-order valence-electron chi connectivity index (χ0n) is 15.8. The summed E-state index contributed by atoms with van der Waals surface area (Å²) in [6.07, 6.45) is 5.01. The Morgan fingerprint density at radius 2 is 1.96 bits per heavy atom. The maximum Gasteiger partial charge on any atom is 0.276 e. The molecule has 0 aliphatic carbocycles. The van der Waals surface area contributed by atoms with Gasteiger partial charge in [0.25, 0.3) is 11.5 Å². The monoisotopic (exact) mass is 358 g/mol. The van der Waals surface area contributed by atoms with Crippen LogP contribution in [0.5, 0.6) is 0 Å². The third-order valence-electron chi connectivity index (χ3n) is 4.83. The zero-order chi connectivity index (χ0) is 18.9. The molecule has 1 aliphatic rings. The van der Waals surface area contributed by atoms with Gasteiger partial charge < -0.3 is 4.90 Å². The van der Waals surface area contributed by atoms with Crippen LogP contribution in [0.25, 0.3) is 0 Å². The van der Waals surface area contributed by atoms with Gasteiger partial charge in [-0.2, -0.15) is 0 Å². The Bertz CT molecular complexity index is 840. The Balaban J connectivity index is 1.59. The molecule has 140 valence electrons. The molecule has 1 saturated heterocycles. The Morgan fingerprint density at radius 1 is 1.27 bits per heavy atom. The van der Waals surface area contributed by atoms with Crippen LogP contribution >= 0.6 is 0 Å². The fourth-order valence-electron chi connectivity index (χ4n) is 3.18. The van der Waals surface area contributed by atoms with E-state index in [2.05, 4.69) is 15.3 Å². The molecular formula is C18H26N6O2. The number of likely N-dealkylation sites (tertiary alicyclic amines) is 1. The fraction of sp³-hybridized carbons (Fsp3) is 0.611. The largest absolute Gasteiger partial charge is 0.337 e. The lowest BCUT2D eigenvalue weighted by Crippen LogP contribution is -2.40. The molecular weight excluding hydrogens is 332 g/mol. The molecule has 2 aromatic heterocycles. The number of aromatic nitrogens is 5. The van der Waals surface area contributed by atoms with E-state index in [0.29, 0.717) is 31.2 Å². The van der Waals surface area contributed by atoms with E-state index in [9.17, 15) is 9.59 Å². The second-order valence-corrected chi connectivity index (χ2v) is 8.03. The van der Waals surface area contributed by atoms with Crippen molar-refractivity contribution in [1.82, 2.24) is 29.4 Å². The highest BCUT2D eigenvalue weighted by Crippen LogP contribution is 2.21. The van der Waals surface area contributed by atoms with E-state index in [1.54, 1.807) is 30.2 Å². The average Bonchev–Trinajstić information content (AvgIpc) is 3.02. The molecule has 0 atom stereocenters. The lowest BCUT2D eigenvalue weighted by Gasteiger charge is -2.31. The molecule has 0 bridgehead atoms. The van der Waals surface area contributed by atoms with Crippen LogP contribution in [0.1, 0.15) is 49.8 Å². The van der Waals surface area contributed by atoms with Gasteiger partial charge in [-0.25, -0.2) is 4.98 Å². The molecule has 2 aromatic rings. The molecule has 1 amide bonds. The summed E-state index contributed by atoms with van der Waals surface area (Å²) in [5.41, 5.74) is 1.04. The highest BCUT2D eigenvalue weighted by molar-refractivity contribution is 5.91. The van der Waals surface area contributed by atoms with E-state index in [1.807, 2.05) is 25.7 Å². The quantitative estimate of drug-likeness (QED) is 0.823. The summed E-state index contributed by atoms with van der Waals surface area (Å²) in [5, 5.41) is 7.70. The van der Waals surface area contributed by atoms with E-state index in [4.69, 9.17) is 0 Å². The van der Waals surface area contributed by atoms with Crippen molar-refractivity contribution < 1.29 is 4.79 Å². The van der Waals surface area contributed by atoms with Gasteiger partial charge in [0, 0.05) is 38.2 Å². The van der Waals surface area contributed by atoms with Gasteiger partial charge in [-0.1, -0.05) is 26.0 Å². The molecule has 26 heavy (non-hydrogen) atoms. The standard InChI is InChI=1S/C18H26N6O2/c1-18(2,3)15-9-16(25)24(12-19-15)10-13-5-7-23(8-6-13)17(26)14-11-22(4)21-20-14/h9,11-13H,5-8,10H2,1-4H3. The molecule has 0 radical (unpaired) electrons. The van der Waals surface area contributed by atoms with Crippen LogP contribution in [0.2, 0.25) is 0 Å². The summed E-state index contributed by atoms with van der Waals surface area (Å²) in [7, 11) is 1.74. The van der Waals surface area contributed by atoms with Crippen molar-refractivity contribution in [2.24, 2.45) is 13.0 Å². The Kier molecular flexibility index (Phi) is 4.93. The van der Waals surface area contributed by atoms with Gasteiger partial charge in [-0.3, -0.25) is 18.8 Å².